The van der Waals surface area contributed by atoms with Crippen LogP contribution in [0, 0.1) is 5.82 Å². The molecule has 2 heterocycles. The summed E-state index contributed by atoms with van der Waals surface area (Å²) in [7, 11) is -3.75. The topological polar surface area (TPSA) is 121 Å². The van der Waals surface area contributed by atoms with Crippen molar-refractivity contribution in [1.29, 1.82) is 0 Å². The molecule has 2 atom stereocenters. The van der Waals surface area contributed by atoms with Gasteiger partial charge in [-0.1, -0.05) is 18.2 Å². The van der Waals surface area contributed by atoms with Crippen LogP contribution in [0.1, 0.15) is 42.8 Å². The molecule has 0 amide bonds. The number of primary sulfonamides is 1. The lowest BCUT2D eigenvalue weighted by atomic mass is 10.0. The molecule has 0 spiro atoms. The summed E-state index contributed by atoms with van der Waals surface area (Å²) in [5.74, 6) is -0.231. The number of benzene rings is 2. The quantitative estimate of drug-likeness (QED) is 0.391. The molecule has 1 aliphatic heterocycles. The van der Waals surface area contributed by atoms with Crippen LogP contribution >= 0.6 is 0 Å². The van der Waals surface area contributed by atoms with E-state index in [9.17, 15) is 17.9 Å². The standard InChI is InChI=1S/C27H34FN5O3S/c1-18-15-33(19(2)14-31-18)16-21-6-8-24(28)23(13-21)25-10-11-30-27(32-25)5-3-4-20-7-9-26(34)22(12-20)17-37(29,35)36/h6-13,18-19,31,34H,3-5,14-17H2,1-2H3,(H2,29,35,36)/t18-,19-/m0/s1. The zero-order chi connectivity index (χ0) is 26.6. The second kappa shape index (κ2) is 11.6. The first-order valence-corrected chi connectivity index (χ1v) is 14.2. The number of phenols is 1. The predicted molar refractivity (Wildman–Crippen MR) is 142 cm³/mol. The van der Waals surface area contributed by atoms with Gasteiger partial charge in [0, 0.05) is 55.5 Å². The van der Waals surface area contributed by atoms with Crippen molar-refractivity contribution >= 4 is 10.0 Å². The number of phenolic OH excluding ortho intramolecular Hbond substituents is 1. The number of nitrogens with zero attached hydrogens (tertiary/aromatic N) is 3. The van der Waals surface area contributed by atoms with Crippen molar-refractivity contribution < 1.29 is 17.9 Å². The molecule has 4 rings (SSSR count). The maximum absolute atomic E-state index is 14.8. The average molecular weight is 528 g/mol. The number of nitrogens with two attached hydrogens (primary N) is 1. The molecule has 198 valence electrons. The molecule has 10 heteroatoms. The summed E-state index contributed by atoms with van der Waals surface area (Å²) in [6, 6.07) is 12.6. The molecular formula is C27H34FN5O3S. The number of aromatic nitrogens is 2. The number of aromatic hydroxyl groups is 1. The highest BCUT2D eigenvalue weighted by Crippen LogP contribution is 2.25. The Kier molecular flexibility index (Phi) is 8.53. The number of piperazine rings is 1. The second-order valence-electron chi connectivity index (χ2n) is 9.88. The summed E-state index contributed by atoms with van der Waals surface area (Å²) in [6.07, 6.45) is 3.55. The molecule has 8 nitrogen and oxygen atoms in total. The molecule has 4 N–H and O–H groups in total. The zero-order valence-electron chi connectivity index (χ0n) is 21.2. The Morgan fingerprint density at radius 1 is 1.14 bits per heavy atom. The van der Waals surface area contributed by atoms with Crippen LogP contribution in [0.5, 0.6) is 5.75 Å². The van der Waals surface area contributed by atoms with Gasteiger partial charge in [-0.25, -0.2) is 27.9 Å². The van der Waals surface area contributed by atoms with Gasteiger partial charge in [0.2, 0.25) is 10.0 Å². The van der Waals surface area contributed by atoms with E-state index in [2.05, 4.69) is 34.0 Å². The van der Waals surface area contributed by atoms with Crippen molar-refractivity contribution in [2.45, 2.75) is 57.5 Å². The molecule has 37 heavy (non-hydrogen) atoms. The van der Waals surface area contributed by atoms with Crippen LogP contribution in [0.3, 0.4) is 0 Å². The van der Waals surface area contributed by atoms with Crippen LogP contribution in [0.25, 0.3) is 11.3 Å². The van der Waals surface area contributed by atoms with Gasteiger partial charge in [0.05, 0.1) is 11.4 Å². The van der Waals surface area contributed by atoms with Crippen molar-refractivity contribution in [3.05, 3.63) is 77.0 Å². The highest BCUT2D eigenvalue weighted by molar-refractivity contribution is 7.88. The summed E-state index contributed by atoms with van der Waals surface area (Å²) in [5, 5.41) is 18.5. The van der Waals surface area contributed by atoms with Crippen molar-refractivity contribution in [2.75, 3.05) is 13.1 Å². The Morgan fingerprint density at radius 2 is 1.92 bits per heavy atom. The molecule has 1 aromatic heterocycles. The Balaban J connectivity index is 1.43. The summed E-state index contributed by atoms with van der Waals surface area (Å²) >= 11 is 0. The normalized spacial score (nSPS) is 18.7. The van der Waals surface area contributed by atoms with E-state index in [1.165, 1.54) is 12.1 Å². The maximum atomic E-state index is 14.8. The van der Waals surface area contributed by atoms with Gasteiger partial charge in [-0.15, -0.1) is 0 Å². The Bertz CT molecular complexity index is 1350. The molecule has 2 aromatic carbocycles. The third kappa shape index (κ3) is 7.54. The molecule has 1 saturated heterocycles. The van der Waals surface area contributed by atoms with Crippen LogP contribution in [0.2, 0.25) is 0 Å². The first-order chi connectivity index (χ1) is 17.6. The fourth-order valence-corrected chi connectivity index (χ4v) is 5.33. The predicted octanol–water partition coefficient (Wildman–Crippen LogP) is 3.13. The summed E-state index contributed by atoms with van der Waals surface area (Å²) in [4.78, 5) is 11.4. The van der Waals surface area contributed by atoms with E-state index >= 15 is 0 Å². The third-order valence-electron chi connectivity index (χ3n) is 6.66. The number of rotatable bonds is 9. The monoisotopic (exact) mass is 527 g/mol. The van der Waals surface area contributed by atoms with E-state index in [1.807, 2.05) is 12.1 Å². The lowest BCUT2D eigenvalue weighted by Crippen LogP contribution is -2.53. The Labute approximate surface area is 217 Å². The minimum atomic E-state index is -3.75. The molecule has 0 saturated carbocycles. The molecule has 3 aromatic rings. The number of sulfonamides is 1. The molecule has 1 aliphatic rings. The van der Waals surface area contributed by atoms with E-state index in [1.54, 1.807) is 24.4 Å². The van der Waals surface area contributed by atoms with Crippen molar-refractivity contribution in [3.8, 4) is 17.0 Å². The summed E-state index contributed by atoms with van der Waals surface area (Å²) in [5.41, 5.74) is 3.20. The summed E-state index contributed by atoms with van der Waals surface area (Å²) < 4.78 is 37.6. The van der Waals surface area contributed by atoms with Crippen LogP contribution in [0.4, 0.5) is 4.39 Å². The fourth-order valence-electron chi connectivity index (χ4n) is 4.67. The number of halogens is 1. The molecule has 0 aliphatic carbocycles. The van der Waals surface area contributed by atoms with E-state index in [-0.39, 0.29) is 17.1 Å². The smallest absolute Gasteiger partial charge is 0.213 e. The van der Waals surface area contributed by atoms with E-state index in [4.69, 9.17) is 5.14 Å². The lowest BCUT2D eigenvalue weighted by molar-refractivity contribution is 0.139. The molecule has 0 radical (unpaired) electrons. The minimum Gasteiger partial charge on any atom is -0.508 e. The van der Waals surface area contributed by atoms with Crippen LogP contribution in [-0.4, -0.2) is 53.6 Å². The molecular weight excluding hydrogens is 493 g/mol. The van der Waals surface area contributed by atoms with E-state index in [0.717, 1.165) is 30.8 Å². The number of nitrogens with one attached hydrogen (secondary N) is 1. The first kappa shape index (κ1) is 27.1. The van der Waals surface area contributed by atoms with Crippen molar-refractivity contribution in [2.24, 2.45) is 5.14 Å². The van der Waals surface area contributed by atoms with Gasteiger partial charge >= 0.3 is 0 Å². The van der Waals surface area contributed by atoms with Crippen LogP contribution < -0.4 is 10.5 Å². The second-order valence-corrected chi connectivity index (χ2v) is 11.5. The minimum absolute atomic E-state index is 0.0982. The SMILES string of the molecule is C[C@H]1CN(Cc2ccc(F)c(-c3ccnc(CCCc4ccc(O)c(CS(N)(=O)=O)c4)n3)c2)[C@@H](C)CN1. The average Bonchev–Trinajstić information content (AvgIpc) is 2.84. The Hall–Kier alpha value is -2.92. The highest BCUT2D eigenvalue weighted by atomic mass is 32.2. The van der Waals surface area contributed by atoms with Crippen LogP contribution in [0.15, 0.2) is 48.7 Å². The van der Waals surface area contributed by atoms with Gasteiger partial charge in [0.15, 0.2) is 0 Å². The van der Waals surface area contributed by atoms with E-state index < -0.39 is 15.8 Å². The largest absolute Gasteiger partial charge is 0.508 e. The number of aryl methyl sites for hydroxylation is 2. The first-order valence-electron chi connectivity index (χ1n) is 12.5. The Morgan fingerprint density at radius 3 is 2.70 bits per heavy atom. The maximum Gasteiger partial charge on any atom is 0.213 e. The van der Waals surface area contributed by atoms with Gasteiger partial charge < -0.3 is 10.4 Å². The van der Waals surface area contributed by atoms with Gasteiger partial charge in [0.25, 0.3) is 0 Å². The number of hydrogen-bond acceptors (Lipinski definition) is 7. The molecule has 0 bridgehead atoms. The zero-order valence-corrected chi connectivity index (χ0v) is 22.0. The fraction of sp³-hybridized carbons (Fsp3) is 0.407. The highest BCUT2D eigenvalue weighted by Gasteiger charge is 2.22. The van der Waals surface area contributed by atoms with Gasteiger partial charge in [-0.3, -0.25) is 4.90 Å². The van der Waals surface area contributed by atoms with E-state index in [0.29, 0.717) is 48.4 Å². The third-order valence-corrected chi connectivity index (χ3v) is 7.37. The summed E-state index contributed by atoms with van der Waals surface area (Å²) in [6.45, 7) is 6.98. The van der Waals surface area contributed by atoms with Crippen molar-refractivity contribution in [3.63, 3.8) is 0 Å². The van der Waals surface area contributed by atoms with Gasteiger partial charge in [0.1, 0.15) is 17.4 Å². The molecule has 0 unspecified atom stereocenters. The van der Waals surface area contributed by atoms with Crippen LogP contribution in [-0.2, 0) is 35.2 Å². The van der Waals surface area contributed by atoms with Gasteiger partial charge in [-0.05, 0) is 62.1 Å². The van der Waals surface area contributed by atoms with Gasteiger partial charge in [-0.2, -0.15) is 0 Å². The van der Waals surface area contributed by atoms with Crippen molar-refractivity contribution in [1.82, 2.24) is 20.2 Å². The number of hydrogen-bond donors (Lipinski definition) is 3. The molecule has 1 fully saturated rings. The lowest BCUT2D eigenvalue weighted by Gasteiger charge is -2.37.